The van der Waals surface area contributed by atoms with E-state index in [0.29, 0.717) is 16.8 Å². The van der Waals surface area contributed by atoms with Gasteiger partial charge in [0.1, 0.15) is 0 Å². The summed E-state index contributed by atoms with van der Waals surface area (Å²) < 4.78 is 64.1. The minimum Gasteiger partial charge on any atom is -0.283 e. The lowest BCUT2D eigenvalue weighted by Crippen LogP contribution is -2.15. The molecule has 0 spiro atoms. The van der Waals surface area contributed by atoms with Crippen LogP contribution in [-0.2, 0) is 22.0 Å². The summed E-state index contributed by atoms with van der Waals surface area (Å²) in [5, 5.41) is 8.85. The van der Waals surface area contributed by atoms with E-state index >= 15 is 0 Å². The predicted molar refractivity (Wildman–Crippen MR) is 83.6 cm³/mol. The topological polar surface area (TPSA) is 70.0 Å². The van der Waals surface area contributed by atoms with Crippen molar-refractivity contribution in [2.75, 3.05) is 4.72 Å². The zero-order chi connectivity index (χ0) is 18.0. The van der Waals surface area contributed by atoms with Gasteiger partial charge in [-0.2, -0.15) is 18.4 Å². The number of alkyl halides is 3. The van der Waals surface area contributed by atoms with Gasteiger partial charge in [0.15, 0.2) is 0 Å². The fourth-order valence-corrected chi connectivity index (χ4v) is 3.27. The zero-order valence-electron chi connectivity index (χ0n) is 12.6. The molecule has 2 aromatic carbocycles. The third-order valence-corrected chi connectivity index (χ3v) is 4.52. The van der Waals surface area contributed by atoms with Crippen LogP contribution in [-0.4, -0.2) is 8.42 Å². The van der Waals surface area contributed by atoms with Crippen molar-refractivity contribution in [2.24, 2.45) is 0 Å². The summed E-state index contributed by atoms with van der Waals surface area (Å²) in [4.78, 5) is 0. The van der Waals surface area contributed by atoms with Gasteiger partial charge < -0.3 is 0 Å². The summed E-state index contributed by atoms with van der Waals surface area (Å²) in [5.74, 6) is -0.454. The third kappa shape index (κ3) is 4.49. The first-order valence-corrected chi connectivity index (χ1v) is 8.43. The van der Waals surface area contributed by atoms with Crippen LogP contribution < -0.4 is 4.72 Å². The van der Waals surface area contributed by atoms with E-state index in [-0.39, 0.29) is 5.56 Å². The first-order chi connectivity index (χ1) is 11.1. The number of aryl methyl sites for hydroxylation is 1. The Balaban J connectivity index is 2.14. The fourth-order valence-electron chi connectivity index (χ4n) is 2.08. The summed E-state index contributed by atoms with van der Waals surface area (Å²) in [5.41, 5.74) is 0.742. The molecule has 0 aliphatic carbocycles. The van der Waals surface area contributed by atoms with Crippen LogP contribution in [0.5, 0.6) is 0 Å². The first kappa shape index (κ1) is 17.8. The standard InChI is InChI=1S/C16H13F3N2O2S/c1-11-8-15(7-4-13(11)9-20)21-24(22,23)10-12-2-5-14(6-3-12)16(17,18)19/h2-8,21H,10H2,1H3. The monoisotopic (exact) mass is 354 g/mol. The fraction of sp³-hybridized carbons (Fsp3) is 0.188. The summed E-state index contributed by atoms with van der Waals surface area (Å²) >= 11 is 0. The number of anilines is 1. The zero-order valence-corrected chi connectivity index (χ0v) is 13.4. The van der Waals surface area contributed by atoms with Crippen molar-refractivity contribution in [3.8, 4) is 6.07 Å². The molecule has 0 aliphatic heterocycles. The van der Waals surface area contributed by atoms with Crippen LogP contribution in [0.4, 0.5) is 18.9 Å². The molecule has 0 aromatic heterocycles. The highest BCUT2D eigenvalue weighted by molar-refractivity contribution is 7.91. The van der Waals surface area contributed by atoms with Crippen LogP contribution in [0.25, 0.3) is 0 Å². The van der Waals surface area contributed by atoms with E-state index in [2.05, 4.69) is 4.72 Å². The van der Waals surface area contributed by atoms with E-state index in [1.807, 2.05) is 6.07 Å². The normalized spacial score (nSPS) is 11.8. The number of rotatable bonds is 4. The van der Waals surface area contributed by atoms with Gasteiger partial charge in [-0.15, -0.1) is 0 Å². The first-order valence-electron chi connectivity index (χ1n) is 6.78. The Labute approximate surface area is 137 Å². The minimum atomic E-state index is -4.46. The second-order valence-corrected chi connectivity index (χ2v) is 6.92. The molecule has 0 atom stereocenters. The Morgan fingerprint density at radius 3 is 2.25 bits per heavy atom. The molecule has 1 N–H and O–H groups in total. The summed E-state index contributed by atoms with van der Waals surface area (Å²) in [6.07, 6.45) is -4.46. The second-order valence-electron chi connectivity index (χ2n) is 5.20. The Kier molecular flexibility index (Phi) is 4.85. The highest BCUT2D eigenvalue weighted by Gasteiger charge is 2.30. The van der Waals surface area contributed by atoms with E-state index in [0.717, 1.165) is 24.3 Å². The Hall–Kier alpha value is -2.53. The van der Waals surface area contributed by atoms with Crippen molar-refractivity contribution >= 4 is 15.7 Å². The van der Waals surface area contributed by atoms with E-state index in [4.69, 9.17) is 5.26 Å². The van der Waals surface area contributed by atoms with Crippen molar-refractivity contribution in [3.05, 3.63) is 64.7 Å². The number of benzene rings is 2. The number of hydrogen-bond donors (Lipinski definition) is 1. The van der Waals surface area contributed by atoms with Gasteiger partial charge in [0, 0.05) is 5.69 Å². The van der Waals surface area contributed by atoms with Crippen LogP contribution in [0.1, 0.15) is 22.3 Å². The summed E-state index contributed by atoms with van der Waals surface area (Å²) in [6, 6.07) is 10.4. The molecule has 8 heteroatoms. The maximum atomic E-state index is 12.5. The van der Waals surface area contributed by atoms with Crippen molar-refractivity contribution in [1.29, 1.82) is 5.26 Å². The maximum absolute atomic E-state index is 12.5. The molecule has 0 radical (unpaired) electrons. The molecule has 0 bridgehead atoms. The van der Waals surface area contributed by atoms with Crippen molar-refractivity contribution < 1.29 is 21.6 Å². The van der Waals surface area contributed by atoms with E-state index < -0.39 is 27.5 Å². The largest absolute Gasteiger partial charge is 0.416 e. The van der Waals surface area contributed by atoms with Crippen LogP contribution in [0.2, 0.25) is 0 Å². The lowest BCUT2D eigenvalue weighted by Gasteiger charge is -2.10. The molecule has 0 unspecified atom stereocenters. The Bertz CT molecular complexity index is 883. The van der Waals surface area contributed by atoms with Crippen LogP contribution in [0.15, 0.2) is 42.5 Å². The average Bonchev–Trinajstić information content (AvgIpc) is 2.46. The highest BCUT2D eigenvalue weighted by atomic mass is 32.2. The number of nitriles is 1. The van der Waals surface area contributed by atoms with Gasteiger partial charge >= 0.3 is 6.18 Å². The molecular weight excluding hydrogens is 341 g/mol. The molecule has 24 heavy (non-hydrogen) atoms. The quantitative estimate of drug-likeness (QED) is 0.907. The average molecular weight is 354 g/mol. The molecular formula is C16H13F3N2O2S. The van der Waals surface area contributed by atoms with Gasteiger partial charge in [-0.1, -0.05) is 12.1 Å². The number of sulfonamides is 1. The number of hydrogen-bond acceptors (Lipinski definition) is 3. The summed E-state index contributed by atoms with van der Waals surface area (Å²) in [7, 11) is -3.79. The SMILES string of the molecule is Cc1cc(NS(=O)(=O)Cc2ccc(C(F)(F)F)cc2)ccc1C#N. The van der Waals surface area contributed by atoms with Gasteiger partial charge in [0.2, 0.25) is 10.0 Å². The minimum absolute atomic E-state index is 0.237. The molecule has 0 saturated carbocycles. The molecule has 0 amide bonds. The van der Waals surface area contributed by atoms with Crippen molar-refractivity contribution in [3.63, 3.8) is 0 Å². The van der Waals surface area contributed by atoms with Crippen LogP contribution in [0, 0.1) is 18.3 Å². The molecule has 0 saturated heterocycles. The smallest absolute Gasteiger partial charge is 0.283 e. The Morgan fingerprint density at radius 1 is 1.12 bits per heavy atom. The van der Waals surface area contributed by atoms with Gasteiger partial charge in [0.05, 0.1) is 22.9 Å². The molecule has 2 rings (SSSR count). The number of halogens is 3. The lowest BCUT2D eigenvalue weighted by molar-refractivity contribution is -0.137. The maximum Gasteiger partial charge on any atom is 0.416 e. The van der Waals surface area contributed by atoms with E-state index in [1.165, 1.54) is 18.2 Å². The van der Waals surface area contributed by atoms with E-state index in [9.17, 15) is 21.6 Å². The Morgan fingerprint density at radius 2 is 1.75 bits per heavy atom. The van der Waals surface area contributed by atoms with Gasteiger partial charge in [-0.3, -0.25) is 4.72 Å². The predicted octanol–water partition coefficient (Wildman–Crippen LogP) is 3.83. The van der Waals surface area contributed by atoms with Crippen LogP contribution >= 0.6 is 0 Å². The molecule has 0 aliphatic rings. The lowest BCUT2D eigenvalue weighted by atomic mass is 10.1. The second kappa shape index (κ2) is 6.53. The number of nitrogens with zero attached hydrogens (tertiary/aromatic N) is 1. The highest BCUT2D eigenvalue weighted by Crippen LogP contribution is 2.29. The van der Waals surface area contributed by atoms with Crippen LogP contribution in [0.3, 0.4) is 0 Å². The van der Waals surface area contributed by atoms with Crippen molar-refractivity contribution in [2.45, 2.75) is 18.9 Å². The molecule has 126 valence electrons. The molecule has 4 nitrogen and oxygen atoms in total. The number of nitrogens with one attached hydrogen (secondary N) is 1. The molecule has 0 heterocycles. The van der Waals surface area contributed by atoms with E-state index in [1.54, 1.807) is 6.92 Å². The summed E-state index contributed by atoms with van der Waals surface area (Å²) in [6.45, 7) is 1.67. The van der Waals surface area contributed by atoms with Gasteiger partial charge in [0.25, 0.3) is 0 Å². The molecule has 0 fully saturated rings. The van der Waals surface area contributed by atoms with Gasteiger partial charge in [-0.25, -0.2) is 8.42 Å². The molecule has 2 aromatic rings. The third-order valence-electron chi connectivity index (χ3n) is 3.26. The van der Waals surface area contributed by atoms with Crippen molar-refractivity contribution in [1.82, 2.24) is 0 Å². The van der Waals surface area contributed by atoms with Gasteiger partial charge in [-0.05, 0) is 48.4 Å².